The summed E-state index contributed by atoms with van der Waals surface area (Å²) in [5.41, 5.74) is 3.49. The number of aromatic nitrogens is 5. The minimum atomic E-state index is 0.626. The van der Waals surface area contributed by atoms with Gasteiger partial charge in [-0.2, -0.15) is 5.10 Å². The second-order valence-corrected chi connectivity index (χ2v) is 6.67. The van der Waals surface area contributed by atoms with Crippen molar-refractivity contribution in [3.05, 3.63) is 53.7 Å². The first-order chi connectivity index (χ1) is 12.3. The van der Waals surface area contributed by atoms with Crippen molar-refractivity contribution in [1.29, 1.82) is 0 Å². The molecule has 0 bridgehead atoms. The summed E-state index contributed by atoms with van der Waals surface area (Å²) in [6.45, 7) is 4.99. The van der Waals surface area contributed by atoms with Crippen LogP contribution >= 0.6 is 0 Å². The lowest BCUT2D eigenvalue weighted by Crippen LogP contribution is -2.30. The Morgan fingerprint density at radius 1 is 1.24 bits per heavy atom. The Hall–Kier alpha value is -2.47. The van der Waals surface area contributed by atoms with Gasteiger partial charge in [-0.25, -0.2) is 0 Å². The fourth-order valence-electron chi connectivity index (χ4n) is 3.59. The predicted octanol–water partition coefficient (Wildman–Crippen LogP) is 2.58. The predicted molar refractivity (Wildman–Crippen MR) is 96.9 cm³/mol. The van der Waals surface area contributed by atoms with E-state index in [9.17, 15) is 0 Å². The van der Waals surface area contributed by atoms with Crippen LogP contribution < -0.4 is 5.32 Å². The number of fused-ring (bicyclic) bond motifs is 1. The summed E-state index contributed by atoms with van der Waals surface area (Å²) in [5.74, 6) is 2.89. The molecule has 0 spiro atoms. The Morgan fingerprint density at radius 2 is 2.12 bits per heavy atom. The van der Waals surface area contributed by atoms with E-state index in [1.807, 2.05) is 12.3 Å². The molecular weight excluding hydrogens is 312 g/mol. The molecule has 0 fully saturated rings. The van der Waals surface area contributed by atoms with Gasteiger partial charge in [0.25, 0.3) is 0 Å². The maximum Gasteiger partial charge on any atom is 0.133 e. The number of aromatic amines is 1. The van der Waals surface area contributed by atoms with Crippen LogP contribution in [0.25, 0.3) is 11.3 Å². The molecule has 0 aliphatic carbocycles. The first-order valence-corrected chi connectivity index (χ1v) is 9.04. The van der Waals surface area contributed by atoms with Gasteiger partial charge in [-0.1, -0.05) is 37.3 Å². The number of rotatable bonds is 6. The summed E-state index contributed by atoms with van der Waals surface area (Å²) in [7, 11) is 0. The van der Waals surface area contributed by atoms with Crippen LogP contribution in [0.2, 0.25) is 0 Å². The van der Waals surface area contributed by atoms with E-state index in [-0.39, 0.29) is 0 Å². The Labute approximate surface area is 147 Å². The first-order valence-electron chi connectivity index (χ1n) is 9.04. The summed E-state index contributed by atoms with van der Waals surface area (Å²) in [4.78, 5) is 0. The molecule has 25 heavy (non-hydrogen) atoms. The highest BCUT2D eigenvalue weighted by Crippen LogP contribution is 2.22. The van der Waals surface area contributed by atoms with Crippen LogP contribution in [0.15, 0.2) is 36.5 Å². The van der Waals surface area contributed by atoms with Gasteiger partial charge >= 0.3 is 0 Å². The summed E-state index contributed by atoms with van der Waals surface area (Å²) < 4.78 is 2.31. The van der Waals surface area contributed by atoms with Crippen LogP contribution in [0.5, 0.6) is 0 Å². The van der Waals surface area contributed by atoms with E-state index in [0.717, 1.165) is 49.8 Å². The largest absolute Gasteiger partial charge is 0.315 e. The van der Waals surface area contributed by atoms with Crippen LogP contribution in [0.4, 0.5) is 0 Å². The average Bonchev–Trinajstić information content (AvgIpc) is 3.29. The minimum absolute atomic E-state index is 0.626. The van der Waals surface area contributed by atoms with Gasteiger partial charge < -0.3 is 9.88 Å². The molecule has 0 radical (unpaired) electrons. The molecule has 4 rings (SSSR count). The van der Waals surface area contributed by atoms with Crippen molar-refractivity contribution in [2.45, 2.75) is 39.3 Å². The summed E-state index contributed by atoms with van der Waals surface area (Å²) >= 11 is 0. The molecule has 6 heteroatoms. The number of nitrogens with zero attached hydrogens (tertiary/aromatic N) is 4. The maximum atomic E-state index is 4.31. The number of aryl methyl sites for hydroxylation is 2. The maximum absolute atomic E-state index is 4.31. The van der Waals surface area contributed by atoms with Crippen LogP contribution in [0.3, 0.4) is 0 Å². The smallest absolute Gasteiger partial charge is 0.133 e. The second-order valence-electron chi connectivity index (χ2n) is 6.67. The average molecular weight is 336 g/mol. The van der Waals surface area contributed by atoms with E-state index >= 15 is 0 Å². The zero-order chi connectivity index (χ0) is 17.1. The van der Waals surface area contributed by atoms with Gasteiger partial charge in [-0.15, -0.1) is 10.2 Å². The van der Waals surface area contributed by atoms with E-state index in [1.54, 1.807) is 0 Å². The van der Waals surface area contributed by atoms with Gasteiger partial charge in [0.05, 0.1) is 11.9 Å². The zero-order valence-corrected chi connectivity index (χ0v) is 14.6. The Kier molecular flexibility index (Phi) is 4.61. The van der Waals surface area contributed by atoms with E-state index in [1.165, 1.54) is 17.5 Å². The standard InChI is InChI=1S/C19H24N6/c1-2-17-22-23-18-9-8-14(13-25(17)18)10-20-11-16-12-21-24-19(16)15-6-4-3-5-7-15/h3-7,12,14,20H,2,8-11,13H2,1H3,(H,21,24)/t14-/m1/s1. The van der Waals surface area contributed by atoms with Gasteiger partial charge in [0.1, 0.15) is 11.6 Å². The lowest BCUT2D eigenvalue weighted by molar-refractivity contribution is 0.342. The fraction of sp³-hybridized carbons (Fsp3) is 0.421. The molecule has 130 valence electrons. The van der Waals surface area contributed by atoms with Crippen molar-refractivity contribution in [1.82, 2.24) is 30.3 Å². The van der Waals surface area contributed by atoms with Crippen molar-refractivity contribution >= 4 is 0 Å². The zero-order valence-electron chi connectivity index (χ0n) is 14.6. The van der Waals surface area contributed by atoms with Crippen LogP contribution in [0, 0.1) is 5.92 Å². The monoisotopic (exact) mass is 336 g/mol. The molecule has 1 atom stereocenters. The molecule has 1 aliphatic rings. The Morgan fingerprint density at radius 3 is 2.96 bits per heavy atom. The van der Waals surface area contributed by atoms with E-state index in [2.05, 4.69) is 61.5 Å². The molecular formula is C19H24N6. The number of nitrogens with one attached hydrogen (secondary N) is 2. The highest BCUT2D eigenvalue weighted by molar-refractivity contribution is 5.62. The number of hydrogen-bond donors (Lipinski definition) is 2. The number of H-pyrrole nitrogens is 1. The fourth-order valence-corrected chi connectivity index (χ4v) is 3.59. The third kappa shape index (κ3) is 3.35. The normalized spacial score (nSPS) is 16.8. The minimum Gasteiger partial charge on any atom is -0.315 e. The topological polar surface area (TPSA) is 71.4 Å². The van der Waals surface area contributed by atoms with Crippen LogP contribution in [-0.2, 0) is 25.9 Å². The highest BCUT2D eigenvalue weighted by Gasteiger charge is 2.22. The van der Waals surface area contributed by atoms with E-state index < -0.39 is 0 Å². The van der Waals surface area contributed by atoms with Gasteiger partial charge in [-0.3, -0.25) is 5.10 Å². The molecule has 0 saturated carbocycles. The van der Waals surface area contributed by atoms with Gasteiger partial charge in [0.15, 0.2) is 0 Å². The van der Waals surface area contributed by atoms with Crippen LogP contribution in [0.1, 0.15) is 30.6 Å². The molecule has 0 amide bonds. The third-order valence-corrected chi connectivity index (χ3v) is 4.97. The molecule has 3 heterocycles. The molecule has 6 nitrogen and oxygen atoms in total. The lowest BCUT2D eigenvalue weighted by atomic mass is 9.99. The molecule has 0 saturated heterocycles. The SMILES string of the molecule is CCc1nnc2n1C[C@@H](CNCc1cn[nH]c1-c1ccccc1)CC2. The molecule has 2 aromatic heterocycles. The van der Waals surface area contributed by atoms with Crippen LogP contribution in [-0.4, -0.2) is 31.5 Å². The Balaban J connectivity index is 1.36. The summed E-state index contributed by atoms with van der Waals surface area (Å²) in [6, 6.07) is 10.4. The number of hydrogen-bond acceptors (Lipinski definition) is 4. The van der Waals surface area contributed by atoms with Crippen molar-refractivity contribution < 1.29 is 0 Å². The molecule has 1 aromatic carbocycles. The Bertz CT molecular complexity index is 806. The molecule has 2 N–H and O–H groups in total. The number of benzene rings is 1. The van der Waals surface area contributed by atoms with Gasteiger partial charge in [-0.05, 0) is 24.4 Å². The van der Waals surface area contributed by atoms with Crippen molar-refractivity contribution in [3.8, 4) is 11.3 Å². The van der Waals surface area contributed by atoms with E-state index in [0.29, 0.717) is 5.92 Å². The molecule has 1 aliphatic heterocycles. The molecule has 0 unspecified atom stereocenters. The lowest BCUT2D eigenvalue weighted by Gasteiger charge is -2.24. The first kappa shape index (κ1) is 16.0. The van der Waals surface area contributed by atoms with Gasteiger partial charge in [0, 0.05) is 31.5 Å². The third-order valence-electron chi connectivity index (χ3n) is 4.97. The molecule has 3 aromatic rings. The quantitative estimate of drug-likeness (QED) is 0.726. The summed E-state index contributed by atoms with van der Waals surface area (Å²) in [6.07, 6.45) is 5.07. The van der Waals surface area contributed by atoms with Crippen molar-refractivity contribution in [2.75, 3.05) is 6.54 Å². The van der Waals surface area contributed by atoms with Crippen molar-refractivity contribution in [3.63, 3.8) is 0 Å². The van der Waals surface area contributed by atoms with Gasteiger partial charge in [0.2, 0.25) is 0 Å². The highest BCUT2D eigenvalue weighted by atomic mass is 15.3. The van der Waals surface area contributed by atoms with Crippen molar-refractivity contribution in [2.24, 2.45) is 5.92 Å². The van der Waals surface area contributed by atoms with E-state index in [4.69, 9.17) is 0 Å². The second kappa shape index (κ2) is 7.19. The summed E-state index contributed by atoms with van der Waals surface area (Å²) in [5, 5.41) is 19.6.